The van der Waals surface area contributed by atoms with Crippen molar-refractivity contribution in [2.24, 2.45) is 11.3 Å². The lowest BCUT2D eigenvalue weighted by Gasteiger charge is -2.22. The van der Waals surface area contributed by atoms with Gasteiger partial charge in [0.05, 0.1) is 36.9 Å². The summed E-state index contributed by atoms with van der Waals surface area (Å²) in [6, 6.07) is 13.9. The summed E-state index contributed by atoms with van der Waals surface area (Å²) in [5, 5.41) is 2.81. The van der Waals surface area contributed by atoms with Gasteiger partial charge >= 0.3 is 12.1 Å². The Morgan fingerprint density at radius 3 is 2.18 bits per heavy atom. The van der Waals surface area contributed by atoms with Crippen LogP contribution >= 0.6 is 12.0 Å². The Kier molecular flexibility index (Phi) is 12.4. The average Bonchev–Trinajstić information content (AvgIpc) is 2.88. The predicted molar refractivity (Wildman–Crippen MR) is 154 cm³/mol. The van der Waals surface area contributed by atoms with E-state index in [1.807, 2.05) is 32.9 Å². The van der Waals surface area contributed by atoms with Crippen molar-refractivity contribution in [3.63, 3.8) is 0 Å². The molecule has 1 N–H and O–H groups in total. The fourth-order valence-electron chi connectivity index (χ4n) is 3.53. The summed E-state index contributed by atoms with van der Waals surface area (Å²) in [6.07, 6.45) is 0.0919. The number of esters is 1. The highest BCUT2D eigenvalue weighted by molar-refractivity contribution is 7.94. The van der Waals surface area contributed by atoms with E-state index in [0.29, 0.717) is 30.2 Å². The van der Waals surface area contributed by atoms with Gasteiger partial charge in [0.2, 0.25) is 0 Å². The molecular formula is C30H43NO7S. The van der Waals surface area contributed by atoms with Crippen LogP contribution in [0.2, 0.25) is 0 Å². The Morgan fingerprint density at radius 1 is 0.923 bits per heavy atom. The first kappa shape index (κ1) is 32.3. The minimum Gasteiger partial charge on any atom is -0.493 e. The van der Waals surface area contributed by atoms with Crippen LogP contribution in [-0.2, 0) is 36.0 Å². The smallest absolute Gasteiger partial charge is 0.419 e. The molecule has 0 aliphatic heterocycles. The Labute approximate surface area is 237 Å². The van der Waals surface area contributed by atoms with E-state index in [2.05, 4.69) is 50.4 Å². The molecule has 8 nitrogen and oxygen atoms in total. The molecule has 1 unspecified atom stereocenters. The molecule has 2 aromatic carbocycles. The zero-order valence-corrected chi connectivity index (χ0v) is 25.2. The summed E-state index contributed by atoms with van der Waals surface area (Å²) in [4.78, 5) is 24.8. The van der Waals surface area contributed by atoms with Crippen LogP contribution < -0.4 is 14.8 Å². The van der Waals surface area contributed by atoms with Gasteiger partial charge in [-0.2, -0.15) is 0 Å². The summed E-state index contributed by atoms with van der Waals surface area (Å²) in [6.45, 7) is 12.6. The van der Waals surface area contributed by atoms with Crippen molar-refractivity contribution in [3.8, 4) is 11.5 Å². The van der Waals surface area contributed by atoms with Crippen molar-refractivity contribution in [2.45, 2.75) is 59.1 Å². The maximum Gasteiger partial charge on any atom is 0.419 e. The molecular weight excluding hydrogens is 518 g/mol. The van der Waals surface area contributed by atoms with Gasteiger partial charge in [0.25, 0.3) is 0 Å². The van der Waals surface area contributed by atoms with Crippen LogP contribution in [0.1, 0.15) is 58.2 Å². The number of nitrogens with one attached hydrogen (secondary N) is 1. The highest BCUT2D eigenvalue weighted by Crippen LogP contribution is 2.30. The van der Waals surface area contributed by atoms with E-state index in [-0.39, 0.29) is 30.7 Å². The average molecular weight is 562 g/mol. The Balaban J connectivity index is 1.93. The quantitative estimate of drug-likeness (QED) is 0.173. The number of ether oxygens (including phenoxy) is 4. The summed E-state index contributed by atoms with van der Waals surface area (Å²) < 4.78 is 26.6. The molecule has 0 aromatic heterocycles. The zero-order chi connectivity index (χ0) is 29.1. The normalized spacial score (nSPS) is 12.4. The molecule has 0 saturated carbocycles. The number of benzene rings is 2. The number of hydrogen-bond acceptors (Lipinski definition) is 8. The summed E-state index contributed by atoms with van der Waals surface area (Å²) in [5.41, 5.74) is 2.72. The molecule has 1 amide bonds. The molecule has 2 aromatic rings. The number of amides is 1. The van der Waals surface area contributed by atoms with Crippen molar-refractivity contribution < 1.29 is 32.7 Å². The van der Waals surface area contributed by atoms with Crippen molar-refractivity contribution >= 4 is 24.1 Å². The number of carbonyl (C=O) groups excluding carboxylic acids is 2. The Morgan fingerprint density at radius 2 is 1.59 bits per heavy atom. The highest BCUT2D eigenvalue weighted by atomic mass is 32.2. The van der Waals surface area contributed by atoms with Gasteiger partial charge in [-0.3, -0.25) is 4.79 Å². The molecule has 0 spiro atoms. The molecule has 0 heterocycles. The van der Waals surface area contributed by atoms with Gasteiger partial charge in [0, 0.05) is 19.6 Å². The van der Waals surface area contributed by atoms with Crippen LogP contribution in [0.25, 0.3) is 0 Å². The molecule has 9 heteroatoms. The highest BCUT2D eigenvalue weighted by Gasteiger charge is 2.25. The first-order valence-corrected chi connectivity index (χ1v) is 13.9. The van der Waals surface area contributed by atoms with E-state index in [1.54, 1.807) is 20.3 Å². The van der Waals surface area contributed by atoms with Crippen molar-refractivity contribution in [3.05, 3.63) is 59.2 Å². The number of carbonyl (C=O) groups is 2. The van der Waals surface area contributed by atoms with Gasteiger partial charge in [-0.15, -0.1) is 0 Å². The van der Waals surface area contributed by atoms with Crippen molar-refractivity contribution in [2.75, 3.05) is 34.2 Å². The summed E-state index contributed by atoms with van der Waals surface area (Å²) in [7, 11) is 3.11. The minimum atomic E-state index is -0.599. The molecule has 1 atom stereocenters. The molecule has 0 fully saturated rings. The first-order chi connectivity index (χ1) is 18.3. The molecule has 2 rings (SSSR count). The lowest BCUT2D eigenvalue weighted by Crippen LogP contribution is -2.34. The molecule has 0 aliphatic carbocycles. The third-order valence-corrected chi connectivity index (χ3v) is 6.58. The lowest BCUT2D eigenvalue weighted by atomic mass is 9.86. The molecule has 0 bridgehead atoms. The van der Waals surface area contributed by atoms with Crippen molar-refractivity contribution in [1.82, 2.24) is 5.32 Å². The van der Waals surface area contributed by atoms with E-state index in [0.717, 1.165) is 23.2 Å². The largest absolute Gasteiger partial charge is 0.493 e. The second-order valence-corrected chi connectivity index (χ2v) is 12.1. The molecule has 0 saturated heterocycles. The van der Waals surface area contributed by atoms with Crippen LogP contribution in [0.15, 0.2) is 42.5 Å². The van der Waals surface area contributed by atoms with Gasteiger partial charge in [-0.25, -0.2) is 4.79 Å². The van der Waals surface area contributed by atoms with Crippen LogP contribution in [0.3, 0.4) is 0 Å². The van der Waals surface area contributed by atoms with Gasteiger partial charge in [0.1, 0.15) is 0 Å². The van der Waals surface area contributed by atoms with Gasteiger partial charge in [0.15, 0.2) is 18.3 Å². The van der Waals surface area contributed by atoms with Crippen LogP contribution in [0.5, 0.6) is 11.5 Å². The van der Waals surface area contributed by atoms with Gasteiger partial charge in [-0.1, -0.05) is 51.1 Å². The molecule has 0 aliphatic rings. The van der Waals surface area contributed by atoms with Gasteiger partial charge in [-0.05, 0) is 61.4 Å². The fourth-order valence-corrected chi connectivity index (χ4v) is 4.07. The van der Waals surface area contributed by atoms with E-state index in [1.165, 1.54) is 5.56 Å². The molecule has 0 radical (unpaired) electrons. The number of rotatable bonds is 13. The standard InChI is InChI=1S/C30H43NO7S/c1-29(2,3)24-12-9-21(10-13-24)15-23(18-36-27(32)30(4,5)6)17-31-28(33)38-39-19-22-11-14-25(37-20-34-7)26(16-22)35-8/h9-14,16,23H,15,17-20H2,1-8H3,(H,31,33). The van der Waals surface area contributed by atoms with E-state index in [9.17, 15) is 9.59 Å². The SMILES string of the molecule is COCOc1ccc(CSOC(=O)NCC(COC(=O)C(C)(C)C)Cc2ccc(C(C)(C)C)cc2)cc1OC. The van der Waals surface area contributed by atoms with Gasteiger partial charge < -0.3 is 28.4 Å². The van der Waals surface area contributed by atoms with Crippen LogP contribution in [-0.4, -0.2) is 46.2 Å². The fraction of sp³-hybridized carbons (Fsp3) is 0.533. The van der Waals surface area contributed by atoms with Crippen LogP contribution in [0.4, 0.5) is 4.79 Å². The first-order valence-electron chi connectivity index (χ1n) is 13.0. The van der Waals surface area contributed by atoms with E-state index < -0.39 is 11.5 Å². The van der Waals surface area contributed by atoms with Crippen molar-refractivity contribution in [1.29, 1.82) is 0 Å². The molecule has 216 valence electrons. The second-order valence-electron chi connectivity index (χ2n) is 11.4. The number of hydrogen-bond donors (Lipinski definition) is 1. The molecule has 39 heavy (non-hydrogen) atoms. The Hall–Kier alpha value is -2.91. The van der Waals surface area contributed by atoms with E-state index >= 15 is 0 Å². The van der Waals surface area contributed by atoms with E-state index in [4.69, 9.17) is 23.1 Å². The minimum absolute atomic E-state index is 0.0636. The lowest BCUT2D eigenvalue weighted by molar-refractivity contribution is -0.154. The predicted octanol–water partition coefficient (Wildman–Crippen LogP) is 6.30. The Bertz CT molecular complexity index is 1060. The third kappa shape index (κ3) is 11.4. The maximum atomic E-state index is 12.4. The topological polar surface area (TPSA) is 92.3 Å². The second kappa shape index (κ2) is 15.0. The zero-order valence-electron chi connectivity index (χ0n) is 24.4. The third-order valence-electron chi connectivity index (χ3n) is 5.86. The number of methoxy groups -OCH3 is 2. The summed E-state index contributed by atoms with van der Waals surface area (Å²) in [5.74, 6) is 1.18. The van der Waals surface area contributed by atoms with Crippen LogP contribution in [0, 0.1) is 11.3 Å². The maximum absolute atomic E-state index is 12.4. The monoisotopic (exact) mass is 561 g/mol. The summed E-state index contributed by atoms with van der Waals surface area (Å²) >= 11 is 1.02.